The van der Waals surface area contributed by atoms with E-state index in [0.29, 0.717) is 17.5 Å². The molecule has 1 heterocycles. The molecule has 1 aromatic carbocycles. The molecule has 0 saturated carbocycles. The Hall–Kier alpha value is -2.11. The molecule has 0 atom stereocenters. The van der Waals surface area contributed by atoms with Crippen molar-refractivity contribution in [1.82, 2.24) is 15.4 Å². The summed E-state index contributed by atoms with van der Waals surface area (Å²) in [6, 6.07) is 5.07. The van der Waals surface area contributed by atoms with E-state index in [2.05, 4.69) is 21.1 Å². The molecule has 2 rings (SSSR count). The van der Waals surface area contributed by atoms with Crippen molar-refractivity contribution in [1.29, 1.82) is 0 Å². The van der Waals surface area contributed by atoms with Crippen molar-refractivity contribution in [3.05, 3.63) is 18.2 Å². The lowest BCUT2D eigenvalue weighted by molar-refractivity contribution is -0.117. The molecule has 1 aromatic heterocycles. The third kappa shape index (κ3) is 2.94. The molecule has 0 radical (unpaired) electrons. The van der Waals surface area contributed by atoms with Gasteiger partial charge in [-0.05, 0) is 12.1 Å². The highest BCUT2D eigenvalue weighted by Gasteiger charge is 1.99. The third-order valence-corrected chi connectivity index (χ3v) is 1.67. The number of aromatic hydroxyl groups is 1. The van der Waals surface area contributed by atoms with Crippen molar-refractivity contribution in [2.75, 3.05) is 0 Å². The normalized spacial score (nSPS) is 9.40. The summed E-state index contributed by atoms with van der Waals surface area (Å²) in [5, 5.41) is 19.1. The summed E-state index contributed by atoms with van der Waals surface area (Å²) in [6.45, 7) is 1.72. The standard InChI is InChI=1S/C6H5N3O.C3H7NO/c10-5-3-1-2-4-6(5)8-9-7-4;1-2-3(4)5/h1-3,10H,(H,7,8,9);2H2,1H3,(H2,4,5). The Morgan fingerprint density at radius 2 is 2.20 bits per heavy atom. The van der Waals surface area contributed by atoms with E-state index >= 15 is 0 Å². The van der Waals surface area contributed by atoms with Crippen LogP contribution in [0.2, 0.25) is 0 Å². The Morgan fingerprint density at radius 3 is 2.73 bits per heavy atom. The monoisotopic (exact) mass is 208 g/mol. The molecule has 1 amide bonds. The Morgan fingerprint density at radius 1 is 1.53 bits per heavy atom. The van der Waals surface area contributed by atoms with Crippen molar-refractivity contribution in [2.45, 2.75) is 13.3 Å². The maximum Gasteiger partial charge on any atom is 0.217 e. The molecule has 0 aliphatic heterocycles. The summed E-state index contributed by atoms with van der Waals surface area (Å²) in [7, 11) is 0. The Balaban J connectivity index is 0.000000195. The summed E-state index contributed by atoms with van der Waals surface area (Å²) in [5.41, 5.74) is 5.85. The number of aromatic amines is 1. The van der Waals surface area contributed by atoms with E-state index in [9.17, 15) is 4.79 Å². The first-order valence-corrected chi connectivity index (χ1v) is 4.42. The molecule has 6 nitrogen and oxygen atoms in total. The highest BCUT2D eigenvalue weighted by atomic mass is 16.3. The SMILES string of the molecule is CCC(N)=O.Oc1cccc2n[nH]nc12. The van der Waals surface area contributed by atoms with E-state index in [-0.39, 0.29) is 11.7 Å². The van der Waals surface area contributed by atoms with Gasteiger partial charge in [0, 0.05) is 6.42 Å². The first-order valence-electron chi connectivity index (χ1n) is 4.42. The summed E-state index contributed by atoms with van der Waals surface area (Å²) in [5.74, 6) is -0.0868. The molecule has 80 valence electrons. The molecule has 6 heteroatoms. The maximum atomic E-state index is 9.59. The number of phenols is 1. The van der Waals surface area contributed by atoms with Crippen LogP contribution in [0, 0.1) is 0 Å². The number of primary amides is 1. The second-order valence-electron chi connectivity index (χ2n) is 2.79. The highest BCUT2D eigenvalue weighted by Crippen LogP contribution is 2.18. The van der Waals surface area contributed by atoms with Crippen molar-refractivity contribution < 1.29 is 9.90 Å². The molecule has 0 saturated heterocycles. The molecule has 0 aliphatic carbocycles. The fourth-order valence-corrected chi connectivity index (χ4v) is 0.853. The van der Waals surface area contributed by atoms with Gasteiger partial charge >= 0.3 is 0 Å². The van der Waals surface area contributed by atoms with Crippen molar-refractivity contribution in [3.8, 4) is 5.75 Å². The second-order valence-corrected chi connectivity index (χ2v) is 2.79. The van der Waals surface area contributed by atoms with Gasteiger partial charge in [-0.3, -0.25) is 4.79 Å². The average molecular weight is 208 g/mol. The second kappa shape index (κ2) is 4.94. The molecule has 15 heavy (non-hydrogen) atoms. The largest absolute Gasteiger partial charge is 0.506 e. The van der Waals surface area contributed by atoms with Crippen molar-refractivity contribution >= 4 is 16.9 Å². The minimum Gasteiger partial charge on any atom is -0.506 e. The number of nitrogens with zero attached hydrogens (tertiary/aromatic N) is 2. The molecule has 4 N–H and O–H groups in total. The van der Waals surface area contributed by atoms with Crippen molar-refractivity contribution in [3.63, 3.8) is 0 Å². The van der Waals surface area contributed by atoms with Gasteiger partial charge in [0.15, 0.2) is 5.52 Å². The smallest absolute Gasteiger partial charge is 0.217 e. The zero-order valence-corrected chi connectivity index (χ0v) is 8.27. The number of benzene rings is 1. The Kier molecular flexibility index (Phi) is 3.61. The fourth-order valence-electron chi connectivity index (χ4n) is 0.853. The molecule has 0 unspecified atom stereocenters. The van der Waals surface area contributed by atoms with E-state index in [1.807, 2.05) is 0 Å². The van der Waals surface area contributed by atoms with E-state index in [1.54, 1.807) is 25.1 Å². The zero-order chi connectivity index (χ0) is 11.3. The molecular weight excluding hydrogens is 196 g/mol. The van der Waals surface area contributed by atoms with Gasteiger partial charge in [-0.2, -0.15) is 15.4 Å². The molecule has 0 spiro atoms. The lowest BCUT2D eigenvalue weighted by atomic mass is 10.3. The van der Waals surface area contributed by atoms with Gasteiger partial charge in [0.25, 0.3) is 0 Å². The lowest BCUT2D eigenvalue weighted by Gasteiger charge is -1.87. The number of nitrogens with two attached hydrogens (primary N) is 1. The number of nitrogens with one attached hydrogen (secondary N) is 1. The average Bonchev–Trinajstić information content (AvgIpc) is 2.68. The van der Waals surface area contributed by atoms with E-state index < -0.39 is 0 Å². The minimum absolute atomic E-state index is 0.159. The molecule has 0 aliphatic rings. The van der Waals surface area contributed by atoms with Crippen LogP contribution < -0.4 is 5.73 Å². The number of phenolic OH excluding ortho intramolecular Hbond substituents is 1. The van der Waals surface area contributed by atoms with Gasteiger partial charge in [-0.15, -0.1) is 0 Å². The summed E-state index contributed by atoms with van der Waals surface area (Å²) < 4.78 is 0. The van der Waals surface area contributed by atoms with Crippen LogP contribution >= 0.6 is 0 Å². The minimum atomic E-state index is -0.245. The van der Waals surface area contributed by atoms with Gasteiger partial charge in [0.05, 0.1) is 0 Å². The zero-order valence-electron chi connectivity index (χ0n) is 8.27. The van der Waals surface area contributed by atoms with Crippen molar-refractivity contribution in [2.24, 2.45) is 5.73 Å². The van der Waals surface area contributed by atoms with Crippen LogP contribution in [-0.2, 0) is 4.79 Å². The first-order chi connectivity index (χ1) is 7.15. The number of carbonyl (C=O) groups excluding carboxylic acids is 1. The van der Waals surface area contributed by atoms with E-state index in [0.717, 1.165) is 0 Å². The summed E-state index contributed by atoms with van der Waals surface area (Å²) in [4.78, 5) is 9.59. The number of amides is 1. The molecular formula is C9H12N4O2. The topological polar surface area (TPSA) is 105 Å². The third-order valence-electron chi connectivity index (χ3n) is 1.67. The van der Waals surface area contributed by atoms with Crippen LogP contribution in [0.3, 0.4) is 0 Å². The number of H-pyrrole nitrogens is 1. The fraction of sp³-hybridized carbons (Fsp3) is 0.222. The first kappa shape index (κ1) is 11.0. The van der Waals surface area contributed by atoms with Gasteiger partial charge in [0.2, 0.25) is 5.91 Å². The number of rotatable bonds is 1. The van der Waals surface area contributed by atoms with E-state index in [1.165, 1.54) is 0 Å². The van der Waals surface area contributed by atoms with Gasteiger partial charge in [0.1, 0.15) is 11.3 Å². The van der Waals surface area contributed by atoms with Crippen LogP contribution in [0.15, 0.2) is 18.2 Å². The quantitative estimate of drug-likeness (QED) is 0.636. The molecule has 2 aromatic rings. The predicted molar refractivity (Wildman–Crippen MR) is 55.0 cm³/mol. The Labute approximate surface area is 86.1 Å². The van der Waals surface area contributed by atoms with Crippen LogP contribution in [0.5, 0.6) is 5.75 Å². The van der Waals surface area contributed by atoms with Crippen LogP contribution in [0.25, 0.3) is 11.0 Å². The number of hydrogen-bond donors (Lipinski definition) is 3. The number of fused-ring (bicyclic) bond motifs is 1. The van der Waals surface area contributed by atoms with Crippen LogP contribution in [0.1, 0.15) is 13.3 Å². The summed E-state index contributed by atoms with van der Waals surface area (Å²) >= 11 is 0. The molecule has 0 bridgehead atoms. The highest BCUT2D eigenvalue weighted by molar-refractivity contribution is 5.79. The number of aromatic nitrogens is 3. The summed E-state index contributed by atoms with van der Waals surface area (Å²) in [6.07, 6.45) is 0.444. The van der Waals surface area contributed by atoms with Gasteiger partial charge < -0.3 is 10.8 Å². The van der Waals surface area contributed by atoms with Crippen LogP contribution in [0.4, 0.5) is 0 Å². The van der Waals surface area contributed by atoms with Gasteiger partial charge in [-0.1, -0.05) is 13.0 Å². The Bertz CT molecular complexity index is 452. The lowest BCUT2D eigenvalue weighted by Crippen LogP contribution is -2.06. The van der Waals surface area contributed by atoms with E-state index in [4.69, 9.17) is 5.11 Å². The van der Waals surface area contributed by atoms with Crippen LogP contribution in [-0.4, -0.2) is 26.4 Å². The molecule has 0 fully saturated rings. The maximum absolute atomic E-state index is 9.59. The number of carbonyl (C=O) groups is 1. The van der Waals surface area contributed by atoms with Gasteiger partial charge in [-0.25, -0.2) is 0 Å². The number of hydrogen-bond acceptors (Lipinski definition) is 4. The predicted octanol–water partition coefficient (Wildman–Crippen LogP) is 0.545. The number of para-hydroxylation sites is 1.